The minimum Gasteiger partial charge on any atom is -0.462 e. The van der Waals surface area contributed by atoms with E-state index >= 15 is 0 Å². The van der Waals surface area contributed by atoms with E-state index in [0.717, 1.165) is 122 Å². The zero-order valence-electron chi connectivity index (χ0n) is 54.0. The largest absolute Gasteiger partial charge is 0.462 e. The third-order valence-corrected chi connectivity index (χ3v) is 15.0. The van der Waals surface area contributed by atoms with Crippen molar-refractivity contribution in [2.45, 2.75) is 341 Å². The maximum Gasteiger partial charge on any atom is 0.306 e. The van der Waals surface area contributed by atoms with Gasteiger partial charge in [0.05, 0.1) is 0 Å². The fourth-order valence-corrected chi connectivity index (χ4v) is 9.77. The van der Waals surface area contributed by atoms with E-state index in [1.165, 1.54) is 173 Å². The van der Waals surface area contributed by atoms with Gasteiger partial charge < -0.3 is 14.2 Å². The molecule has 82 heavy (non-hydrogen) atoms. The molecule has 0 heterocycles. The summed E-state index contributed by atoms with van der Waals surface area (Å²) >= 11 is 0. The number of rotatable bonds is 63. The molecule has 0 saturated heterocycles. The molecule has 0 aromatic heterocycles. The van der Waals surface area contributed by atoms with E-state index in [1.54, 1.807) is 0 Å². The van der Waals surface area contributed by atoms with E-state index in [9.17, 15) is 14.4 Å². The topological polar surface area (TPSA) is 78.9 Å². The molecule has 0 bridgehead atoms. The van der Waals surface area contributed by atoms with Gasteiger partial charge in [-0.2, -0.15) is 0 Å². The highest BCUT2D eigenvalue weighted by atomic mass is 16.6. The highest BCUT2D eigenvalue weighted by molar-refractivity contribution is 5.71. The second-order valence-corrected chi connectivity index (χ2v) is 23.1. The monoisotopic (exact) mass is 1140 g/mol. The highest BCUT2D eigenvalue weighted by Gasteiger charge is 2.19. The molecule has 6 heteroatoms. The van der Waals surface area contributed by atoms with Crippen LogP contribution in [0.15, 0.2) is 109 Å². The number of carbonyl (C=O) groups is 3. The molecule has 0 aliphatic rings. The number of unbranched alkanes of at least 4 members (excludes halogenated alkanes) is 34. The third-order valence-electron chi connectivity index (χ3n) is 15.0. The van der Waals surface area contributed by atoms with Crippen LogP contribution in [0.2, 0.25) is 0 Å². The Morgan fingerprint density at radius 1 is 0.256 bits per heavy atom. The zero-order chi connectivity index (χ0) is 59.2. The average Bonchev–Trinajstić information content (AvgIpc) is 3.48. The van der Waals surface area contributed by atoms with Crippen LogP contribution < -0.4 is 0 Å². The molecule has 0 spiro atoms. The summed E-state index contributed by atoms with van der Waals surface area (Å²) in [5.74, 6) is -0.894. The van der Waals surface area contributed by atoms with Crippen LogP contribution in [0.3, 0.4) is 0 Å². The predicted molar refractivity (Wildman–Crippen MR) is 357 cm³/mol. The van der Waals surface area contributed by atoms with E-state index < -0.39 is 6.10 Å². The Bertz CT molecular complexity index is 1640. The van der Waals surface area contributed by atoms with Gasteiger partial charge in [0.25, 0.3) is 0 Å². The second-order valence-electron chi connectivity index (χ2n) is 23.1. The number of ether oxygens (including phenoxy) is 3. The van der Waals surface area contributed by atoms with E-state index in [-0.39, 0.29) is 31.1 Å². The van der Waals surface area contributed by atoms with E-state index in [4.69, 9.17) is 14.2 Å². The number of carbonyl (C=O) groups excluding carboxylic acids is 3. The van der Waals surface area contributed by atoms with Gasteiger partial charge in [0.15, 0.2) is 6.10 Å². The lowest BCUT2D eigenvalue weighted by atomic mass is 10.0. The Hall–Kier alpha value is -3.93. The molecule has 0 amide bonds. The number of allylic oxidation sites excluding steroid dienone is 18. The fourth-order valence-electron chi connectivity index (χ4n) is 9.77. The quantitative estimate of drug-likeness (QED) is 0.0261. The first-order valence-corrected chi connectivity index (χ1v) is 34.9. The highest BCUT2D eigenvalue weighted by Crippen LogP contribution is 2.17. The van der Waals surface area contributed by atoms with Crippen LogP contribution in [-0.2, 0) is 28.6 Å². The van der Waals surface area contributed by atoms with Crippen molar-refractivity contribution in [3.05, 3.63) is 109 Å². The van der Waals surface area contributed by atoms with Gasteiger partial charge in [0, 0.05) is 19.3 Å². The lowest BCUT2D eigenvalue weighted by Crippen LogP contribution is -2.30. The van der Waals surface area contributed by atoms with Crippen molar-refractivity contribution in [1.82, 2.24) is 0 Å². The summed E-state index contributed by atoms with van der Waals surface area (Å²) in [5, 5.41) is 0. The van der Waals surface area contributed by atoms with Gasteiger partial charge >= 0.3 is 17.9 Å². The Kier molecular flexibility index (Phi) is 66.2. The van der Waals surface area contributed by atoms with Crippen LogP contribution in [0, 0.1) is 0 Å². The normalized spacial score (nSPS) is 12.8. The van der Waals surface area contributed by atoms with Gasteiger partial charge in [-0.15, -0.1) is 0 Å². The summed E-state index contributed by atoms with van der Waals surface area (Å²) in [5.41, 5.74) is 0. The minimum absolute atomic E-state index is 0.0843. The molecule has 0 aliphatic carbocycles. The molecule has 0 aromatic carbocycles. The van der Waals surface area contributed by atoms with Crippen LogP contribution in [-0.4, -0.2) is 37.2 Å². The van der Waals surface area contributed by atoms with Crippen molar-refractivity contribution in [1.29, 1.82) is 0 Å². The minimum atomic E-state index is -0.790. The predicted octanol–water partition coefficient (Wildman–Crippen LogP) is 24.2. The molecule has 0 rings (SSSR count). The second kappa shape index (κ2) is 69.6. The van der Waals surface area contributed by atoms with Gasteiger partial charge in [0.1, 0.15) is 13.2 Å². The smallest absolute Gasteiger partial charge is 0.306 e. The molecule has 0 radical (unpaired) electrons. The number of hydrogen-bond donors (Lipinski definition) is 0. The molecule has 0 N–H and O–H groups in total. The summed E-state index contributed by atoms with van der Waals surface area (Å²) in [6, 6.07) is 0. The average molecular weight is 1140 g/mol. The summed E-state index contributed by atoms with van der Waals surface area (Å²) in [7, 11) is 0. The van der Waals surface area contributed by atoms with Crippen molar-refractivity contribution in [3.8, 4) is 0 Å². The summed E-state index contributed by atoms with van der Waals surface area (Å²) in [6.07, 6.45) is 95.3. The first-order valence-electron chi connectivity index (χ1n) is 34.9. The van der Waals surface area contributed by atoms with Gasteiger partial charge in [-0.1, -0.05) is 297 Å². The van der Waals surface area contributed by atoms with Crippen LogP contribution >= 0.6 is 0 Å². The Morgan fingerprint density at radius 3 is 0.768 bits per heavy atom. The molecule has 0 saturated carbocycles. The van der Waals surface area contributed by atoms with Crippen LogP contribution in [0.1, 0.15) is 335 Å². The number of hydrogen-bond acceptors (Lipinski definition) is 6. The SMILES string of the molecule is CC/C=C\C/C=C\C/C=C\C/C=C\C/C=C\CCCCCCCCCCCCCCCCCC(=O)OCC(COC(=O)CCCCCCC/C=C\C/C=C\CCCCCC)OC(=O)CCCCCCCCC/C=C\C/C=C\CCCCC. The summed E-state index contributed by atoms with van der Waals surface area (Å²) < 4.78 is 17.0. The number of esters is 3. The van der Waals surface area contributed by atoms with E-state index in [2.05, 4.69) is 130 Å². The Balaban J connectivity index is 4.27. The van der Waals surface area contributed by atoms with Crippen LogP contribution in [0.5, 0.6) is 0 Å². The van der Waals surface area contributed by atoms with Gasteiger partial charge in [0.2, 0.25) is 0 Å². The molecular weight excluding hydrogens is 1010 g/mol. The zero-order valence-corrected chi connectivity index (χ0v) is 54.0. The van der Waals surface area contributed by atoms with Crippen molar-refractivity contribution in [2.75, 3.05) is 13.2 Å². The van der Waals surface area contributed by atoms with Crippen LogP contribution in [0.4, 0.5) is 0 Å². The summed E-state index contributed by atoms with van der Waals surface area (Å²) in [6.45, 7) is 6.50. The standard InChI is InChI=1S/C76H130O6/c1-4-7-10-13-16-19-22-25-28-31-32-33-34-35-36-37-38-39-40-41-42-43-44-46-48-51-54-57-60-63-66-69-75(78)81-72-73(71-80-74(77)68-65-62-59-56-53-50-47-30-27-24-21-18-15-12-9-6-3)82-76(79)70-67-64-61-58-55-52-49-45-29-26-23-20-17-14-11-8-5-2/h7,10,16-17,19-21,24-26,28-30,32-33,35-36,47,73H,4-6,8-9,11-15,18,22-23,27,31,34,37-46,48-72H2,1-3H3/b10-7-,19-16-,20-17-,24-21-,28-25-,29-26-,33-32-,36-35-,47-30-. The van der Waals surface area contributed by atoms with Crippen molar-refractivity contribution in [3.63, 3.8) is 0 Å². The van der Waals surface area contributed by atoms with Crippen molar-refractivity contribution >= 4 is 17.9 Å². The van der Waals surface area contributed by atoms with Gasteiger partial charge in [-0.05, 0) is 128 Å². The molecule has 0 aliphatic heterocycles. The maximum absolute atomic E-state index is 12.9. The Morgan fingerprint density at radius 2 is 0.476 bits per heavy atom. The Labute approximate surface area is 508 Å². The van der Waals surface area contributed by atoms with E-state index in [1.807, 2.05) is 0 Å². The third kappa shape index (κ3) is 66.9. The van der Waals surface area contributed by atoms with E-state index in [0.29, 0.717) is 19.3 Å². The summed E-state index contributed by atoms with van der Waals surface area (Å²) in [4.78, 5) is 38.4. The first-order chi connectivity index (χ1) is 40.5. The molecule has 1 atom stereocenters. The molecule has 1 unspecified atom stereocenters. The van der Waals surface area contributed by atoms with Crippen molar-refractivity contribution < 1.29 is 28.6 Å². The maximum atomic E-state index is 12.9. The molecular formula is C76H130O6. The molecule has 0 aromatic rings. The first kappa shape index (κ1) is 78.1. The fraction of sp³-hybridized carbons (Fsp3) is 0.724. The lowest BCUT2D eigenvalue weighted by molar-refractivity contribution is -0.167. The van der Waals surface area contributed by atoms with Gasteiger partial charge in [-0.25, -0.2) is 0 Å². The molecule has 6 nitrogen and oxygen atoms in total. The molecule has 0 fully saturated rings. The van der Waals surface area contributed by atoms with Gasteiger partial charge in [-0.3, -0.25) is 14.4 Å². The molecule has 470 valence electrons. The van der Waals surface area contributed by atoms with Crippen molar-refractivity contribution in [2.24, 2.45) is 0 Å². The lowest BCUT2D eigenvalue weighted by Gasteiger charge is -2.18. The van der Waals surface area contributed by atoms with Crippen LogP contribution in [0.25, 0.3) is 0 Å².